The second-order valence-electron chi connectivity index (χ2n) is 7.36. The van der Waals surface area contributed by atoms with Gasteiger partial charge in [0.2, 0.25) is 0 Å². The van der Waals surface area contributed by atoms with Crippen LogP contribution in [0.5, 0.6) is 0 Å². The van der Waals surface area contributed by atoms with Gasteiger partial charge in [-0.15, -0.1) is 0 Å². The van der Waals surface area contributed by atoms with Gasteiger partial charge in [-0.25, -0.2) is 4.79 Å². The molecular formula is C26H27NO3. The summed E-state index contributed by atoms with van der Waals surface area (Å²) in [6, 6.07) is 25.3. The first kappa shape index (κ1) is 21.3. The van der Waals surface area contributed by atoms with E-state index < -0.39 is 5.97 Å². The van der Waals surface area contributed by atoms with E-state index in [1.54, 1.807) is 6.07 Å². The normalized spacial score (nSPS) is 11.5. The zero-order valence-corrected chi connectivity index (χ0v) is 17.4. The van der Waals surface area contributed by atoms with Crippen LogP contribution in [0.1, 0.15) is 45.6 Å². The summed E-state index contributed by atoms with van der Waals surface area (Å²) in [5, 5.41) is 2.89. The van der Waals surface area contributed by atoms with Crippen LogP contribution in [-0.4, -0.2) is 18.5 Å². The number of carbonyl (C=O) groups is 2. The van der Waals surface area contributed by atoms with E-state index in [1.165, 1.54) is 5.56 Å². The van der Waals surface area contributed by atoms with Crippen molar-refractivity contribution in [3.8, 4) is 0 Å². The van der Waals surface area contributed by atoms with Crippen LogP contribution in [0.3, 0.4) is 0 Å². The molecule has 0 aromatic heterocycles. The Balaban J connectivity index is 1.56. The minimum atomic E-state index is -0.475. The molecule has 30 heavy (non-hydrogen) atoms. The molecule has 0 aliphatic carbocycles. The Morgan fingerprint density at radius 3 is 2.30 bits per heavy atom. The molecule has 3 aromatic carbocycles. The van der Waals surface area contributed by atoms with Crippen molar-refractivity contribution in [3.63, 3.8) is 0 Å². The van der Waals surface area contributed by atoms with E-state index in [0.29, 0.717) is 5.56 Å². The highest BCUT2D eigenvalue weighted by molar-refractivity contribution is 5.92. The quantitative estimate of drug-likeness (QED) is 0.551. The lowest BCUT2D eigenvalue weighted by atomic mass is 10.00. The molecule has 0 saturated carbocycles. The average Bonchev–Trinajstić information content (AvgIpc) is 2.77. The Hall–Kier alpha value is -3.40. The van der Waals surface area contributed by atoms with Crippen LogP contribution in [-0.2, 0) is 22.4 Å². The Labute approximate surface area is 177 Å². The number of ether oxygens (including phenoxy) is 1. The van der Waals surface area contributed by atoms with Crippen LogP contribution < -0.4 is 5.32 Å². The van der Waals surface area contributed by atoms with Gasteiger partial charge in [-0.1, -0.05) is 72.8 Å². The van der Waals surface area contributed by atoms with E-state index in [-0.39, 0.29) is 18.6 Å². The Morgan fingerprint density at radius 2 is 1.53 bits per heavy atom. The zero-order valence-electron chi connectivity index (χ0n) is 17.4. The maximum Gasteiger partial charge on any atom is 0.338 e. The van der Waals surface area contributed by atoms with Gasteiger partial charge in [-0.3, -0.25) is 4.79 Å². The molecule has 1 N–H and O–H groups in total. The van der Waals surface area contributed by atoms with Crippen molar-refractivity contribution in [2.75, 3.05) is 6.61 Å². The maximum absolute atomic E-state index is 12.6. The van der Waals surface area contributed by atoms with Crippen LogP contribution in [0.15, 0.2) is 78.9 Å². The van der Waals surface area contributed by atoms with Gasteiger partial charge in [-0.2, -0.15) is 0 Å². The third kappa shape index (κ3) is 5.80. The fraction of sp³-hybridized carbons (Fsp3) is 0.231. The molecule has 0 heterocycles. The number of hydrogen-bond donors (Lipinski definition) is 1. The molecule has 0 bridgehead atoms. The zero-order chi connectivity index (χ0) is 21.3. The number of nitrogens with one attached hydrogen (secondary N) is 1. The third-order valence-corrected chi connectivity index (χ3v) is 5.13. The highest BCUT2D eigenvalue weighted by Gasteiger charge is 2.16. The largest absolute Gasteiger partial charge is 0.452 e. The van der Waals surface area contributed by atoms with Crippen LogP contribution >= 0.6 is 0 Å². The number of hydrogen-bond acceptors (Lipinski definition) is 3. The number of esters is 1. The standard InChI is InChI=1S/C26H27NO3/c1-19-10-6-8-14-23(19)20(2)27-25(28)18-30-26(29)24-15-9-7-13-22(24)17-16-21-11-4-3-5-12-21/h3-15,20H,16-18H2,1-2H3,(H,27,28). The first-order valence-electron chi connectivity index (χ1n) is 10.2. The maximum atomic E-state index is 12.6. The minimum Gasteiger partial charge on any atom is -0.452 e. The number of amides is 1. The predicted molar refractivity (Wildman–Crippen MR) is 118 cm³/mol. The molecule has 0 saturated heterocycles. The smallest absolute Gasteiger partial charge is 0.338 e. The van der Waals surface area contributed by atoms with E-state index >= 15 is 0 Å². The predicted octanol–water partition coefficient (Wildman–Crippen LogP) is 4.81. The second kappa shape index (κ2) is 10.4. The van der Waals surface area contributed by atoms with Crippen molar-refractivity contribution >= 4 is 11.9 Å². The first-order valence-corrected chi connectivity index (χ1v) is 10.2. The highest BCUT2D eigenvalue weighted by atomic mass is 16.5. The summed E-state index contributed by atoms with van der Waals surface area (Å²) in [6.07, 6.45) is 1.56. The van der Waals surface area contributed by atoms with E-state index in [1.807, 2.05) is 74.5 Å². The number of carbonyl (C=O) groups excluding carboxylic acids is 2. The Morgan fingerprint density at radius 1 is 0.867 bits per heavy atom. The van der Waals surface area contributed by atoms with Crippen molar-refractivity contribution in [2.45, 2.75) is 32.7 Å². The summed E-state index contributed by atoms with van der Waals surface area (Å²) < 4.78 is 5.30. The number of aryl methyl sites for hydroxylation is 3. The van der Waals surface area contributed by atoms with Gasteiger partial charge in [0.15, 0.2) is 6.61 Å². The van der Waals surface area contributed by atoms with Crippen molar-refractivity contribution in [1.82, 2.24) is 5.32 Å². The van der Waals surface area contributed by atoms with E-state index in [9.17, 15) is 9.59 Å². The van der Waals surface area contributed by atoms with Crippen molar-refractivity contribution in [3.05, 3.63) is 107 Å². The molecule has 4 nitrogen and oxygen atoms in total. The monoisotopic (exact) mass is 401 g/mol. The average molecular weight is 402 g/mol. The summed E-state index contributed by atoms with van der Waals surface area (Å²) in [5.74, 6) is -0.793. The molecule has 1 amide bonds. The van der Waals surface area contributed by atoms with E-state index in [2.05, 4.69) is 17.4 Å². The van der Waals surface area contributed by atoms with Gasteiger partial charge in [0.25, 0.3) is 5.91 Å². The van der Waals surface area contributed by atoms with Gasteiger partial charge in [0, 0.05) is 0 Å². The molecule has 0 radical (unpaired) electrons. The van der Waals surface area contributed by atoms with Crippen molar-refractivity contribution in [2.24, 2.45) is 0 Å². The summed E-state index contributed by atoms with van der Waals surface area (Å²) in [7, 11) is 0. The van der Waals surface area contributed by atoms with Gasteiger partial charge in [0.05, 0.1) is 11.6 Å². The second-order valence-corrected chi connectivity index (χ2v) is 7.36. The summed E-state index contributed by atoms with van der Waals surface area (Å²) >= 11 is 0. The summed E-state index contributed by atoms with van der Waals surface area (Å²) in [4.78, 5) is 24.9. The molecule has 0 aliphatic heterocycles. The molecule has 0 fully saturated rings. The first-order chi connectivity index (χ1) is 14.5. The minimum absolute atomic E-state index is 0.157. The molecule has 4 heteroatoms. The fourth-order valence-corrected chi connectivity index (χ4v) is 3.50. The fourth-order valence-electron chi connectivity index (χ4n) is 3.50. The summed E-state index contributed by atoms with van der Waals surface area (Å²) in [5.41, 5.74) is 4.79. The van der Waals surface area contributed by atoms with Crippen LogP contribution in [0, 0.1) is 6.92 Å². The van der Waals surface area contributed by atoms with Gasteiger partial charge >= 0.3 is 5.97 Å². The van der Waals surface area contributed by atoms with E-state index in [0.717, 1.165) is 29.5 Å². The SMILES string of the molecule is Cc1ccccc1C(C)NC(=O)COC(=O)c1ccccc1CCc1ccccc1. The molecule has 3 rings (SSSR count). The Kier molecular flexibility index (Phi) is 7.39. The molecule has 1 atom stereocenters. The van der Waals surface area contributed by atoms with Crippen molar-refractivity contribution < 1.29 is 14.3 Å². The number of rotatable bonds is 8. The van der Waals surface area contributed by atoms with Gasteiger partial charge in [-0.05, 0) is 55.0 Å². The molecule has 0 spiro atoms. The van der Waals surface area contributed by atoms with Gasteiger partial charge in [0.1, 0.15) is 0 Å². The lowest BCUT2D eigenvalue weighted by Crippen LogP contribution is -2.31. The van der Waals surface area contributed by atoms with Crippen LogP contribution in [0.2, 0.25) is 0 Å². The molecule has 0 aliphatic rings. The summed E-state index contributed by atoms with van der Waals surface area (Å²) in [6.45, 7) is 3.62. The molecule has 1 unspecified atom stereocenters. The highest BCUT2D eigenvalue weighted by Crippen LogP contribution is 2.17. The molecule has 154 valence electrons. The van der Waals surface area contributed by atoms with Crippen molar-refractivity contribution in [1.29, 1.82) is 0 Å². The third-order valence-electron chi connectivity index (χ3n) is 5.13. The van der Waals surface area contributed by atoms with Crippen LogP contribution in [0.4, 0.5) is 0 Å². The van der Waals surface area contributed by atoms with Gasteiger partial charge < -0.3 is 10.1 Å². The topological polar surface area (TPSA) is 55.4 Å². The molecule has 3 aromatic rings. The Bertz CT molecular complexity index is 998. The van der Waals surface area contributed by atoms with E-state index in [4.69, 9.17) is 4.74 Å². The lowest BCUT2D eigenvalue weighted by molar-refractivity contribution is -0.124. The molecular weight excluding hydrogens is 374 g/mol. The lowest BCUT2D eigenvalue weighted by Gasteiger charge is -2.16. The van der Waals surface area contributed by atoms with Crippen LogP contribution in [0.25, 0.3) is 0 Å². The number of benzene rings is 3.